The van der Waals surface area contributed by atoms with Crippen molar-refractivity contribution in [2.24, 2.45) is 16.5 Å². The van der Waals surface area contributed by atoms with E-state index < -0.39 is 43.2 Å². The smallest absolute Gasteiger partial charge is 0.325 e. The second-order valence-electron chi connectivity index (χ2n) is 9.99. The highest BCUT2D eigenvalue weighted by Crippen LogP contribution is 2.38. The van der Waals surface area contributed by atoms with Gasteiger partial charge in [0.2, 0.25) is 6.23 Å². The van der Waals surface area contributed by atoms with Crippen LogP contribution in [-0.2, 0) is 9.47 Å². The van der Waals surface area contributed by atoms with E-state index in [1.807, 2.05) is 0 Å². The van der Waals surface area contributed by atoms with Crippen LogP contribution >= 0.6 is 0 Å². The summed E-state index contributed by atoms with van der Waals surface area (Å²) in [4.78, 5) is 16.8. The number of aliphatic hydroxyl groups is 1. The van der Waals surface area contributed by atoms with Gasteiger partial charge in [-0.05, 0) is 44.6 Å². The van der Waals surface area contributed by atoms with Gasteiger partial charge in [-0.15, -0.1) is 0 Å². The molecule has 0 spiro atoms. The van der Waals surface area contributed by atoms with Gasteiger partial charge in [0, 0.05) is 12.7 Å². The molecule has 39 heavy (non-hydrogen) atoms. The first-order valence-electron chi connectivity index (χ1n) is 14.2. The zero-order valence-corrected chi connectivity index (χ0v) is 23.2. The molecule has 2 aliphatic rings. The minimum Gasteiger partial charge on any atom is -0.463 e. The molecule has 0 aliphatic carbocycles. The molecule has 0 aromatic heterocycles. The summed E-state index contributed by atoms with van der Waals surface area (Å²) < 4.78 is 39.6. The van der Waals surface area contributed by atoms with E-state index in [0.717, 1.165) is 38.3 Å². The van der Waals surface area contributed by atoms with E-state index >= 15 is 0 Å². The lowest BCUT2D eigenvalue weighted by Gasteiger charge is -2.32. The molecule has 0 bridgehead atoms. The minimum atomic E-state index is -3.72. The van der Waals surface area contributed by atoms with Crippen LogP contribution in [-0.4, -0.2) is 65.7 Å². The molecule has 0 aromatic rings. The number of nitrogens with one attached hydrogen (secondary N) is 1. The van der Waals surface area contributed by atoms with Crippen LogP contribution in [0.4, 0.5) is 13.6 Å². The van der Waals surface area contributed by atoms with Crippen LogP contribution in [0.3, 0.4) is 0 Å². The summed E-state index contributed by atoms with van der Waals surface area (Å²) in [6.07, 6.45) is 18.8. The SMILES string of the molecule is CCCCCC=CCC=CCCCCCCCCN=C(N)OCC1O[C@@H](N2C=CC(N)NC2=O)C(F)(F)[C@@H]1O. The Kier molecular flexibility index (Phi) is 15.1. The summed E-state index contributed by atoms with van der Waals surface area (Å²) in [5.41, 5.74) is 11.3. The lowest BCUT2D eigenvalue weighted by Crippen LogP contribution is -2.57. The van der Waals surface area contributed by atoms with E-state index in [2.05, 4.69) is 41.5 Å². The van der Waals surface area contributed by atoms with Crippen molar-refractivity contribution in [2.75, 3.05) is 13.2 Å². The zero-order chi connectivity index (χ0) is 28.5. The molecule has 0 radical (unpaired) electrons. The second-order valence-corrected chi connectivity index (χ2v) is 9.99. The predicted octanol–water partition coefficient (Wildman–Crippen LogP) is 4.68. The van der Waals surface area contributed by atoms with Crippen LogP contribution in [0.15, 0.2) is 41.6 Å². The third kappa shape index (κ3) is 11.6. The number of allylic oxidation sites excluding steroid dienone is 4. The molecule has 2 amide bonds. The van der Waals surface area contributed by atoms with Crippen LogP contribution in [0, 0.1) is 0 Å². The molecular formula is C28H47F2N5O4. The maximum absolute atomic E-state index is 14.6. The number of hydrogen-bond acceptors (Lipinski definition) is 6. The van der Waals surface area contributed by atoms with E-state index in [1.54, 1.807) is 0 Å². The van der Waals surface area contributed by atoms with Crippen LogP contribution in [0.25, 0.3) is 0 Å². The average Bonchev–Trinajstić information content (AvgIpc) is 3.12. The number of carbonyl (C=O) groups is 1. The lowest BCUT2D eigenvalue weighted by molar-refractivity contribution is -0.145. The number of ether oxygens (including phenoxy) is 2. The number of rotatable bonds is 18. The molecule has 0 aromatic carbocycles. The number of hydrogen-bond donors (Lipinski definition) is 4. The first-order chi connectivity index (χ1) is 18.8. The monoisotopic (exact) mass is 555 g/mol. The molecule has 2 heterocycles. The predicted molar refractivity (Wildman–Crippen MR) is 149 cm³/mol. The van der Waals surface area contributed by atoms with Crippen molar-refractivity contribution in [3.63, 3.8) is 0 Å². The Hall–Kier alpha value is -2.50. The van der Waals surface area contributed by atoms with E-state index in [-0.39, 0.29) is 6.02 Å². The maximum atomic E-state index is 14.6. The zero-order valence-electron chi connectivity index (χ0n) is 23.2. The van der Waals surface area contributed by atoms with Crippen molar-refractivity contribution >= 4 is 12.1 Å². The summed E-state index contributed by atoms with van der Waals surface area (Å²) in [5.74, 6) is -3.72. The molecule has 6 N–H and O–H groups in total. The molecular weight excluding hydrogens is 508 g/mol. The molecule has 9 nitrogen and oxygen atoms in total. The Morgan fingerprint density at radius 3 is 2.44 bits per heavy atom. The number of nitrogens with zero attached hydrogens (tertiary/aromatic N) is 2. The molecule has 2 unspecified atom stereocenters. The highest BCUT2D eigenvalue weighted by atomic mass is 19.3. The van der Waals surface area contributed by atoms with E-state index in [9.17, 15) is 18.7 Å². The van der Waals surface area contributed by atoms with Crippen molar-refractivity contribution in [2.45, 2.75) is 114 Å². The van der Waals surface area contributed by atoms with E-state index in [0.29, 0.717) is 11.4 Å². The average molecular weight is 556 g/mol. The molecule has 1 fully saturated rings. The number of carbonyl (C=O) groups excluding carboxylic acids is 1. The quantitative estimate of drug-likeness (QED) is 0.0840. The Balaban J connectivity index is 1.53. The Bertz CT molecular complexity index is 837. The number of amidine groups is 1. The summed E-state index contributed by atoms with van der Waals surface area (Å²) in [6.45, 7) is 2.26. The topological polar surface area (TPSA) is 135 Å². The van der Waals surface area contributed by atoms with Gasteiger partial charge in [0.05, 0.1) is 6.17 Å². The van der Waals surface area contributed by atoms with Crippen LogP contribution in [0.5, 0.6) is 0 Å². The third-order valence-corrected chi connectivity index (χ3v) is 6.63. The highest BCUT2D eigenvalue weighted by molar-refractivity contribution is 5.77. The fraction of sp³-hybridized carbons (Fsp3) is 0.714. The summed E-state index contributed by atoms with van der Waals surface area (Å²) in [7, 11) is 0. The van der Waals surface area contributed by atoms with Gasteiger partial charge in [-0.3, -0.25) is 4.90 Å². The molecule has 2 rings (SSSR count). The van der Waals surface area contributed by atoms with Crippen LogP contribution < -0.4 is 16.8 Å². The summed E-state index contributed by atoms with van der Waals surface area (Å²) in [5, 5.41) is 12.3. The summed E-state index contributed by atoms with van der Waals surface area (Å²) in [6, 6.07) is -1.00. The molecule has 222 valence electrons. The van der Waals surface area contributed by atoms with Gasteiger partial charge >= 0.3 is 12.0 Å². The molecule has 4 atom stereocenters. The van der Waals surface area contributed by atoms with Gasteiger partial charge in [-0.1, -0.05) is 69.8 Å². The van der Waals surface area contributed by atoms with Crippen molar-refractivity contribution in [1.29, 1.82) is 0 Å². The number of aliphatic hydroxyl groups excluding tert-OH is 1. The Morgan fingerprint density at radius 2 is 1.77 bits per heavy atom. The highest BCUT2D eigenvalue weighted by Gasteiger charge is 2.61. The Labute approximate surface area is 231 Å². The second kappa shape index (κ2) is 18.0. The lowest BCUT2D eigenvalue weighted by atomic mass is 10.1. The Morgan fingerprint density at radius 1 is 1.13 bits per heavy atom. The third-order valence-electron chi connectivity index (χ3n) is 6.63. The van der Waals surface area contributed by atoms with Gasteiger partial charge in [-0.2, -0.15) is 8.78 Å². The largest absolute Gasteiger partial charge is 0.463 e. The van der Waals surface area contributed by atoms with Gasteiger partial charge < -0.3 is 31.4 Å². The number of aliphatic imine (C=N–C) groups is 1. The molecule has 2 aliphatic heterocycles. The van der Waals surface area contributed by atoms with Gasteiger partial charge in [0.25, 0.3) is 6.02 Å². The molecule has 0 saturated carbocycles. The maximum Gasteiger partial charge on any atom is 0.325 e. The van der Waals surface area contributed by atoms with E-state index in [4.69, 9.17) is 20.9 Å². The number of nitrogens with two attached hydrogens (primary N) is 2. The fourth-order valence-electron chi connectivity index (χ4n) is 4.31. The van der Waals surface area contributed by atoms with Gasteiger partial charge in [-0.25, -0.2) is 9.79 Å². The minimum absolute atomic E-state index is 0.151. The first kappa shape index (κ1) is 32.7. The number of halogens is 2. The number of unbranched alkanes of at least 4 members (excludes halogenated alkanes) is 9. The summed E-state index contributed by atoms with van der Waals surface area (Å²) >= 11 is 0. The van der Waals surface area contributed by atoms with Gasteiger partial charge in [0.1, 0.15) is 12.7 Å². The van der Waals surface area contributed by atoms with Crippen molar-refractivity contribution < 1.29 is 28.2 Å². The van der Waals surface area contributed by atoms with Gasteiger partial charge in [0.15, 0.2) is 6.10 Å². The van der Waals surface area contributed by atoms with Crippen molar-refractivity contribution in [3.8, 4) is 0 Å². The molecule has 11 heteroatoms. The van der Waals surface area contributed by atoms with Crippen molar-refractivity contribution in [1.82, 2.24) is 10.2 Å². The normalized spacial score (nSPS) is 25.2. The number of urea groups is 1. The van der Waals surface area contributed by atoms with E-state index in [1.165, 1.54) is 51.0 Å². The van der Waals surface area contributed by atoms with Crippen LogP contribution in [0.1, 0.15) is 84.0 Å². The number of amides is 2. The first-order valence-corrected chi connectivity index (χ1v) is 14.2. The molecule has 1 saturated heterocycles. The fourth-order valence-corrected chi connectivity index (χ4v) is 4.31. The number of alkyl halides is 2. The van der Waals surface area contributed by atoms with Crippen LogP contribution in [0.2, 0.25) is 0 Å². The van der Waals surface area contributed by atoms with Crippen molar-refractivity contribution in [3.05, 3.63) is 36.6 Å². The standard InChI is InChI=1S/C28H47F2N5O4/c1-2-3-4-5-6-7-8-9-10-11-12-13-14-15-16-17-19-33-26(32)38-21-22-24(36)28(29,30)25(39-22)35-20-18-23(31)34-27(35)37/h6-7,9-10,18,20,22-25,36H,2-5,8,11-17,19,21,31H2,1H3,(H2,32,33)(H,34,37)/t22?,23?,24-,25-/m1/s1.